The third-order valence-corrected chi connectivity index (χ3v) is 1.93. The molecule has 0 saturated carbocycles. The number of amides is 1. The van der Waals surface area contributed by atoms with Crippen LogP contribution in [0, 0.1) is 0 Å². The van der Waals surface area contributed by atoms with E-state index in [0.717, 1.165) is 6.42 Å². The van der Waals surface area contributed by atoms with E-state index in [1.54, 1.807) is 6.20 Å². The van der Waals surface area contributed by atoms with Crippen LogP contribution in [0.2, 0.25) is 0 Å². The lowest BCUT2D eigenvalue weighted by molar-refractivity contribution is 0.0724. The Morgan fingerprint density at radius 3 is 2.92 bits per heavy atom. The summed E-state index contributed by atoms with van der Waals surface area (Å²) in [6, 6.07) is 0. The van der Waals surface area contributed by atoms with Gasteiger partial charge in [0.05, 0.1) is 13.2 Å². The van der Waals surface area contributed by atoms with Gasteiger partial charge in [-0.15, -0.1) is 0 Å². The van der Waals surface area contributed by atoms with Crippen molar-refractivity contribution in [3.8, 4) is 0 Å². The summed E-state index contributed by atoms with van der Waals surface area (Å²) >= 11 is 0. The standard InChI is InChI=1S/C9H15NO3/c1-3-13-8-4-6-10(7-5-8)9(11)12-2/h4,6,8H,3,5,7H2,1-2H3/t8-/m0/s1. The second-order valence-corrected chi connectivity index (χ2v) is 2.79. The van der Waals surface area contributed by atoms with Gasteiger partial charge in [0.15, 0.2) is 0 Å². The maximum Gasteiger partial charge on any atom is 0.413 e. The van der Waals surface area contributed by atoms with E-state index in [4.69, 9.17) is 4.74 Å². The predicted octanol–water partition coefficient (Wildman–Crippen LogP) is 1.38. The Labute approximate surface area is 78.1 Å². The molecule has 13 heavy (non-hydrogen) atoms. The number of carbonyl (C=O) groups excluding carboxylic acids is 1. The summed E-state index contributed by atoms with van der Waals surface area (Å²) in [4.78, 5) is 12.6. The molecule has 0 fully saturated rings. The summed E-state index contributed by atoms with van der Waals surface area (Å²) in [6.07, 6.45) is 4.26. The summed E-state index contributed by atoms with van der Waals surface area (Å²) in [5.41, 5.74) is 0. The van der Waals surface area contributed by atoms with Gasteiger partial charge >= 0.3 is 6.09 Å². The molecule has 1 heterocycles. The minimum Gasteiger partial charge on any atom is -0.452 e. The third-order valence-electron chi connectivity index (χ3n) is 1.93. The van der Waals surface area contributed by atoms with Crippen LogP contribution in [0.25, 0.3) is 0 Å². The Morgan fingerprint density at radius 1 is 1.69 bits per heavy atom. The topological polar surface area (TPSA) is 38.8 Å². The number of ether oxygens (including phenoxy) is 2. The van der Waals surface area contributed by atoms with Gasteiger partial charge in [0, 0.05) is 19.4 Å². The molecule has 0 radical (unpaired) electrons. The lowest BCUT2D eigenvalue weighted by Gasteiger charge is -2.24. The Bertz CT molecular complexity index is 203. The van der Waals surface area contributed by atoms with Crippen LogP contribution in [-0.4, -0.2) is 37.4 Å². The highest BCUT2D eigenvalue weighted by molar-refractivity contribution is 5.68. The van der Waals surface area contributed by atoms with E-state index in [0.29, 0.717) is 13.2 Å². The highest BCUT2D eigenvalue weighted by Gasteiger charge is 2.17. The highest BCUT2D eigenvalue weighted by atomic mass is 16.5. The van der Waals surface area contributed by atoms with Crippen molar-refractivity contribution in [3.05, 3.63) is 12.3 Å². The van der Waals surface area contributed by atoms with Crippen molar-refractivity contribution in [2.24, 2.45) is 0 Å². The molecule has 1 atom stereocenters. The minimum absolute atomic E-state index is 0.144. The zero-order valence-electron chi connectivity index (χ0n) is 8.03. The lowest BCUT2D eigenvalue weighted by Crippen LogP contribution is -2.32. The Hall–Kier alpha value is -1.03. The first-order chi connectivity index (χ1) is 6.27. The number of hydrogen-bond acceptors (Lipinski definition) is 3. The molecule has 1 rings (SSSR count). The van der Waals surface area contributed by atoms with Crippen LogP contribution < -0.4 is 0 Å². The van der Waals surface area contributed by atoms with Gasteiger partial charge in [0.25, 0.3) is 0 Å². The summed E-state index contributed by atoms with van der Waals surface area (Å²) < 4.78 is 9.96. The molecular formula is C9H15NO3. The first-order valence-electron chi connectivity index (χ1n) is 4.42. The van der Waals surface area contributed by atoms with E-state index in [1.165, 1.54) is 12.0 Å². The van der Waals surface area contributed by atoms with Crippen LogP contribution in [-0.2, 0) is 9.47 Å². The fourth-order valence-electron chi connectivity index (χ4n) is 1.26. The Kier molecular flexibility index (Phi) is 3.76. The maximum absolute atomic E-state index is 11.0. The van der Waals surface area contributed by atoms with Gasteiger partial charge in [-0.05, 0) is 19.4 Å². The van der Waals surface area contributed by atoms with E-state index >= 15 is 0 Å². The normalized spacial score (nSPS) is 21.7. The molecule has 1 aliphatic rings. The van der Waals surface area contributed by atoms with Crippen molar-refractivity contribution in [1.29, 1.82) is 0 Å². The minimum atomic E-state index is -0.314. The van der Waals surface area contributed by atoms with Crippen LogP contribution >= 0.6 is 0 Å². The van der Waals surface area contributed by atoms with E-state index in [2.05, 4.69) is 4.74 Å². The zero-order chi connectivity index (χ0) is 9.68. The fourth-order valence-corrected chi connectivity index (χ4v) is 1.26. The largest absolute Gasteiger partial charge is 0.452 e. The van der Waals surface area contributed by atoms with Crippen LogP contribution in [0.1, 0.15) is 13.3 Å². The first-order valence-corrected chi connectivity index (χ1v) is 4.42. The Morgan fingerprint density at radius 2 is 2.46 bits per heavy atom. The summed E-state index contributed by atoms with van der Waals surface area (Å²) in [5.74, 6) is 0. The van der Waals surface area contributed by atoms with Crippen molar-refractivity contribution in [1.82, 2.24) is 4.90 Å². The van der Waals surface area contributed by atoms with Crippen LogP contribution in [0.5, 0.6) is 0 Å². The third kappa shape index (κ3) is 2.73. The fraction of sp³-hybridized carbons (Fsp3) is 0.667. The molecule has 0 bridgehead atoms. The summed E-state index contributed by atoms with van der Waals surface area (Å²) in [5, 5.41) is 0. The molecule has 0 unspecified atom stereocenters. The van der Waals surface area contributed by atoms with E-state index in [1.807, 2.05) is 13.0 Å². The van der Waals surface area contributed by atoms with E-state index in [-0.39, 0.29) is 12.2 Å². The highest BCUT2D eigenvalue weighted by Crippen LogP contribution is 2.10. The summed E-state index contributed by atoms with van der Waals surface area (Å²) in [7, 11) is 1.38. The average Bonchev–Trinajstić information content (AvgIpc) is 2.18. The van der Waals surface area contributed by atoms with Gasteiger partial charge in [-0.1, -0.05) is 0 Å². The molecule has 0 aromatic heterocycles. The van der Waals surface area contributed by atoms with Gasteiger partial charge < -0.3 is 9.47 Å². The van der Waals surface area contributed by atoms with E-state index < -0.39 is 0 Å². The van der Waals surface area contributed by atoms with Crippen molar-refractivity contribution in [2.75, 3.05) is 20.3 Å². The van der Waals surface area contributed by atoms with Crippen molar-refractivity contribution < 1.29 is 14.3 Å². The predicted molar refractivity (Wildman–Crippen MR) is 48.3 cm³/mol. The molecule has 0 aromatic carbocycles. The quantitative estimate of drug-likeness (QED) is 0.652. The second-order valence-electron chi connectivity index (χ2n) is 2.79. The molecule has 1 aliphatic heterocycles. The number of methoxy groups -OCH3 is 1. The SMILES string of the molecule is CCO[C@H]1C=CN(C(=O)OC)CC1. The first kappa shape index (κ1) is 10.1. The van der Waals surface area contributed by atoms with Crippen molar-refractivity contribution in [3.63, 3.8) is 0 Å². The molecule has 4 nitrogen and oxygen atoms in total. The number of hydrogen-bond donors (Lipinski definition) is 0. The number of rotatable bonds is 2. The molecule has 1 amide bonds. The van der Waals surface area contributed by atoms with Crippen LogP contribution in [0.4, 0.5) is 4.79 Å². The lowest BCUT2D eigenvalue weighted by atomic mass is 10.2. The molecule has 0 aliphatic carbocycles. The van der Waals surface area contributed by atoms with Crippen molar-refractivity contribution >= 4 is 6.09 Å². The van der Waals surface area contributed by atoms with E-state index in [9.17, 15) is 4.79 Å². The van der Waals surface area contributed by atoms with Gasteiger partial charge in [-0.25, -0.2) is 4.79 Å². The number of carbonyl (C=O) groups is 1. The Balaban J connectivity index is 2.42. The molecule has 0 spiro atoms. The molecule has 0 saturated heterocycles. The monoisotopic (exact) mass is 185 g/mol. The van der Waals surface area contributed by atoms with Crippen LogP contribution in [0.3, 0.4) is 0 Å². The second kappa shape index (κ2) is 4.87. The average molecular weight is 185 g/mol. The maximum atomic E-state index is 11.0. The van der Waals surface area contributed by atoms with Gasteiger partial charge in [-0.3, -0.25) is 4.90 Å². The van der Waals surface area contributed by atoms with Gasteiger partial charge in [0.1, 0.15) is 0 Å². The summed E-state index contributed by atoms with van der Waals surface area (Å²) in [6.45, 7) is 3.32. The number of nitrogens with zero attached hydrogens (tertiary/aromatic N) is 1. The molecule has 0 N–H and O–H groups in total. The molecule has 4 heteroatoms. The van der Waals surface area contributed by atoms with Gasteiger partial charge in [-0.2, -0.15) is 0 Å². The van der Waals surface area contributed by atoms with Crippen molar-refractivity contribution in [2.45, 2.75) is 19.4 Å². The molecular weight excluding hydrogens is 170 g/mol. The smallest absolute Gasteiger partial charge is 0.413 e. The van der Waals surface area contributed by atoms with Crippen LogP contribution in [0.15, 0.2) is 12.3 Å². The molecule has 74 valence electrons. The molecule has 0 aromatic rings. The van der Waals surface area contributed by atoms with Gasteiger partial charge in [0.2, 0.25) is 0 Å². The zero-order valence-corrected chi connectivity index (χ0v) is 8.03.